The van der Waals surface area contributed by atoms with Gasteiger partial charge in [-0.05, 0) is 55.8 Å². The molecular weight excluding hydrogens is 572 g/mol. The molecule has 4 rings (SSSR count). The molecule has 1 atom stereocenters. The Balaban J connectivity index is 1.35. The highest BCUT2D eigenvalue weighted by Crippen LogP contribution is 2.15. The molecule has 1 aliphatic heterocycles. The molecule has 3 heterocycles. The molecule has 1 aliphatic rings. The van der Waals surface area contributed by atoms with Gasteiger partial charge in [0, 0.05) is 32.7 Å². The van der Waals surface area contributed by atoms with Crippen LogP contribution in [0.25, 0.3) is 0 Å². The molecule has 0 bridgehead atoms. The zero-order valence-electron chi connectivity index (χ0n) is 24.4. The number of nitrogens with one attached hydrogen (secondary N) is 3. The van der Waals surface area contributed by atoms with Crippen molar-refractivity contribution in [3.8, 4) is 5.75 Å². The van der Waals surface area contributed by atoms with Crippen molar-refractivity contribution in [2.75, 3.05) is 57.9 Å². The van der Waals surface area contributed by atoms with Gasteiger partial charge in [-0.2, -0.15) is 0 Å². The van der Waals surface area contributed by atoms with Crippen LogP contribution < -0.4 is 16.0 Å². The van der Waals surface area contributed by atoms with E-state index in [1.807, 2.05) is 12.1 Å². The standard InChI is InChI=1S/C30H38N6O6S/c1-20-26(21(2)34-30(33-20)31-10-4-7-22-6-3-8-23(37)18-22)28(39)35-24(19-32-27(38)25-9-5-17-43-25)29(40)42-16-13-36-11-14-41-15-12-36/h3,5-6,8-9,17-18,24,37H,4,7,10-16,19H2,1-2H3,(H,32,38)(H,35,39)(H,31,33,34)/t24-/m0/s1. The fourth-order valence-electron chi connectivity index (χ4n) is 4.64. The lowest BCUT2D eigenvalue weighted by Crippen LogP contribution is -2.50. The molecule has 0 aliphatic carbocycles. The summed E-state index contributed by atoms with van der Waals surface area (Å²) in [5, 5.41) is 20.0. The molecule has 0 spiro atoms. The maximum atomic E-state index is 13.4. The predicted molar refractivity (Wildman–Crippen MR) is 163 cm³/mol. The summed E-state index contributed by atoms with van der Waals surface area (Å²) in [4.78, 5) is 50.5. The number of phenolic OH excluding ortho intramolecular Hbond substituents is 1. The fraction of sp³-hybridized carbons (Fsp3) is 0.433. The van der Waals surface area contributed by atoms with Gasteiger partial charge in [0.1, 0.15) is 18.4 Å². The summed E-state index contributed by atoms with van der Waals surface area (Å²) in [6, 6.07) is 9.47. The first-order valence-electron chi connectivity index (χ1n) is 14.3. The van der Waals surface area contributed by atoms with Crippen molar-refractivity contribution in [3.63, 3.8) is 0 Å². The average Bonchev–Trinajstić information content (AvgIpc) is 3.53. The van der Waals surface area contributed by atoms with Crippen molar-refractivity contribution < 1.29 is 29.0 Å². The number of amides is 2. The number of benzene rings is 1. The van der Waals surface area contributed by atoms with Crippen LogP contribution in [0.2, 0.25) is 0 Å². The monoisotopic (exact) mass is 610 g/mol. The summed E-state index contributed by atoms with van der Waals surface area (Å²) in [5.74, 6) is -0.891. The van der Waals surface area contributed by atoms with E-state index in [4.69, 9.17) is 9.47 Å². The number of morpholine rings is 1. The third-order valence-electron chi connectivity index (χ3n) is 6.89. The molecule has 43 heavy (non-hydrogen) atoms. The highest BCUT2D eigenvalue weighted by atomic mass is 32.1. The van der Waals surface area contributed by atoms with E-state index in [9.17, 15) is 19.5 Å². The van der Waals surface area contributed by atoms with Gasteiger partial charge in [0.05, 0.1) is 35.0 Å². The van der Waals surface area contributed by atoms with Crippen LogP contribution in [0.1, 0.15) is 43.4 Å². The zero-order chi connectivity index (χ0) is 30.6. The normalized spacial score (nSPS) is 14.1. The van der Waals surface area contributed by atoms with Crippen LogP contribution in [0.5, 0.6) is 5.75 Å². The first kappa shape index (κ1) is 31.9. The maximum Gasteiger partial charge on any atom is 0.330 e. The zero-order valence-corrected chi connectivity index (χ0v) is 25.2. The average molecular weight is 611 g/mol. The minimum absolute atomic E-state index is 0.142. The SMILES string of the molecule is Cc1nc(NCCCc2cccc(O)c2)nc(C)c1C(=O)N[C@@H](CNC(=O)c1cccs1)C(=O)OCCN1CCOCC1. The molecule has 4 N–H and O–H groups in total. The number of hydrogen-bond acceptors (Lipinski definition) is 11. The molecule has 2 aromatic heterocycles. The van der Waals surface area contributed by atoms with Crippen LogP contribution in [0.15, 0.2) is 41.8 Å². The highest BCUT2D eigenvalue weighted by Gasteiger charge is 2.27. The first-order chi connectivity index (χ1) is 20.8. The molecule has 2 amide bonds. The van der Waals surface area contributed by atoms with Crippen LogP contribution in [-0.2, 0) is 20.7 Å². The number of esters is 1. The second kappa shape index (κ2) is 16.0. The number of carbonyl (C=O) groups excluding carboxylic acids is 3. The van der Waals surface area contributed by atoms with Gasteiger partial charge < -0.3 is 30.5 Å². The Morgan fingerprint density at radius 1 is 1.09 bits per heavy atom. The Labute approximate surface area is 254 Å². The van der Waals surface area contributed by atoms with E-state index >= 15 is 0 Å². The van der Waals surface area contributed by atoms with Crippen molar-refractivity contribution in [1.82, 2.24) is 25.5 Å². The Morgan fingerprint density at radius 2 is 1.86 bits per heavy atom. The lowest BCUT2D eigenvalue weighted by Gasteiger charge is -2.26. The van der Waals surface area contributed by atoms with Crippen molar-refractivity contribution in [2.24, 2.45) is 0 Å². The van der Waals surface area contributed by atoms with E-state index in [2.05, 4.69) is 30.8 Å². The van der Waals surface area contributed by atoms with Crippen molar-refractivity contribution in [1.29, 1.82) is 0 Å². The molecule has 1 aromatic carbocycles. The summed E-state index contributed by atoms with van der Waals surface area (Å²) >= 11 is 1.28. The van der Waals surface area contributed by atoms with Crippen molar-refractivity contribution in [3.05, 3.63) is 69.2 Å². The smallest absolute Gasteiger partial charge is 0.330 e. The number of hydrogen-bond donors (Lipinski definition) is 4. The Hall–Kier alpha value is -4.07. The molecule has 1 fully saturated rings. The van der Waals surface area contributed by atoms with Gasteiger partial charge >= 0.3 is 5.97 Å². The van der Waals surface area contributed by atoms with Crippen molar-refractivity contribution in [2.45, 2.75) is 32.7 Å². The quantitative estimate of drug-likeness (QED) is 0.158. The summed E-state index contributed by atoms with van der Waals surface area (Å²) < 4.78 is 10.8. The number of aryl methyl sites for hydroxylation is 3. The van der Waals surface area contributed by atoms with E-state index in [1.165, 1.54) is 11.3 Å². The summed E-state index contributed by atoms with van der Waals surface area (Å²) in [7, 11) is 0. The number of ether oxygens (including phenoxy) is 2. The number of phenols is 1. The Kier molecular flexibility index (Phi) is 11.8. The third kappa shape index (κ3) is 9.73. The number of aromatic nitrogens is 2. The number of aromatic hydroxyl groups is 1. The Bertz CT molecular complexity index is 1360. The highest BCUT2D eigenvalue weighted by molar-refractivity contribution is 7.12. The predicted octanol–water partition coefficient (Wildman–Crippen LogP) is 2.31. The van der Waals surface area contributed by atoms with Crippen LogP contribution in [0.3, 0.4) is 0 Å². The van der Waals surface area contributed by atoms with E-state index < -0.39 is 17.9 Å². The maximum absolute atomic E-state index is 13.4. The van der Waals surface area contributed by atoms with Gasteiger partial charge in [-0.1, -0.05) is 18.2 Å². The van der Waals surface area contributed by atoms with E-state index in [1.54, 1.807) is 43.5 Å². The minimum Gasteiger partial charge on any atom is -0.508 e. The van der Waals surface area contributed by atoms with Gasteiger partial charge in [-0.3, -0.25) is 14.5 Å². The summed E-state index contributed by atoms with van der Waals surface area (Å²) in [6.07, 6.45) is 1.56. The number of rotatable bonds is 14. The molecule has 0 unspecified atom stereocenters. The molecule has 13 heteroatoms. The fourth-order valence-corrected chi connectivity index (χ4v) is 5.28. The summed E-state index contributed by atoms with van der Waals surface area (Å²) in [6.45, 7) is 7.35. The Morgan fingerprint density at radius 3 is 2.56 bits per heavy atom. The second-order valence-electron chi connectivity index (χ2n) is 10.1. The molecule has 1 saturated heterocycles. The van der Waals surface area contributed by atoms with Gasteiger partial charge in [0.2, 0.25) is 5.95 Å². The third-order valence-corrected chi connectivity index (χ3v) is 7.76. The number of thiophene rings is 1. The summed E-state index contributed by atoms with van der Waals surface area (Å²) in [5.41, 5.74) is 2.17. The van der Waals surface area contributed by atoms with Crippen LogP contribution in [0.4, 0.5) is 5.95 Å². The van der Waals surface area contributed by atoms with Crippen LogP contribution in [-0.4, -0.2) is 96.3 Å². The first-order valence-corrected chi connectivity index (χ1v) is 15.1. The lowest BCUT2D eigenvalue weighted by atomic mass is 10.1. The largest absolute Gasteiger partial charge is 0.508 e. The number of anilines is 1. The minimum atomic E-state index is -1.12. The van der Waals surface area contributed by atoms with E-state index in [0.29, 0.717) is 48.5 Å². The van der Waals surface area contributed by atoms with Crippen molar-refractivity contribution >= 4 is 35.1 Å². The number of carbonyl (C=O) groups is 3. The number of nitrogens with zero attached hydrogens (tertiary/aromatic N) is 3. The van der Waals surface area contributed by atoms with Crippen LogP contribution >= 0.6 is 11.3 Å². The van der Waals surface area contributed by atoms with Gasteiger partial charge in [-0.15, -0.1) is 11.3 Å². The lowest BCUT2D eigenvalue weighted by molar-refractivity contribution is -0.146. The van der Waals surface area contributed by atoms with Gasteiger partial charge in [0.15, 0.2) is 0 Å². The van der Waals surface area contributed by atoms with E-state index in [0.717, 1.165) is 31.5 Å². The van der Waals surface area contributed by atoms with Crippen LogP contribution in [0, 0.1) is 13.8 Å². The van der Waals surface area contributed by atoms with Gasteiger partial charge in [-0.25, -0.2) is 14.8 Å². The molecule has 230 valence electrons. The molecule has 12 nitrogen and oxygen atoms in total. The molecular formula is C30H38N6O6S. The van der Waals surface area contributed by atoms with E-state index in [-0.39, 0.29) is 30.4 Å². The van der Waals surface area contributed by atoms with Gasteiger partial charge in [0.25, 0.3) is 11.8 Å². The second-order valence-corrected chi connectivity index (χ2v) is 11.1. The molecule has 0 saturated carbocycles. The molecule has 0 radical (unpaired) electrons. The topological polar surface area (TPSA) is 155 Å². The molecule has 3 aromatic rings.